The zero-order chi connectivity index (χ0) is 9.26. The molecule has 2 heterocycles. The largest absolute Gasteiger partial charge is 0.369 e. The number of amidine groups is 2. The first-order valence-electron chi connectivity index (χ1n) is 4.13. The van der Waals surface area contributed by atoms with Gasteiger partial charge < -0.3 is 0 Å². The molecular weight excluding hydrogens is 168 g/mol. The van der Waals surface area contributed by atoms with E-state index in [2.05, 4.69) is 20.0 Å². The highest BCUT2D eigenvalue weighted by Gasteiger charge is 2.20. The molecule has 0 fully saturated rings. The Kier molecular flexibility index (Phi) is 1.84. The van der Waals surface area contributed by atoms with Gasteiger partial charge in [-0.1, -0.05) is 6.92 Å². The van der Waals surface area contributed by atoms with E-state index in [-0.39, 0.29) is 0 Å². The number of urea groups is 1. The lowest BCUT2D eigenvalue weighted by Crippen LogP contribution is -2.16. The number of rotatable bonds is 2. The molecule has 2 rings (SSSR count). The normalized spacial score (nSPS) is 19.5. The van der Waals surface area contributed by atoms with Crippen LogP contribution in [0.2, 0.25) is 0 Å². The second-order valence-corrected chi connectivity index (χ2v) is 2.75. The number of hydrogen-bond donors (Lipinski definition) is 0. The van der Waals surface area contributed by atoms with E-state index >= 15 is 0 Å². The summed E-state index contributed by atoms with van der Waals surface area (Å²) in [5.74, 6) is 1.14. The number of hydrogen-bond acceptors (Lipinski definition) is 3. The molecule has 2 aliphatic heterocycles. The van der Waals surface area contributed by atoms with Crippen molar-refractivity contribution in [1.29, 1.82) is 0 Å². The van der Waals surface area contributed by atoms with Gasteiger partial charge in [-0.25, -0.2) is 14.8 Å². The molecular formula is C8H8N4O. The number of fused-ring (bicyclic) bond motifs is 1. The molecule has 0 aromatic rings. The molecule has 2 amide bonds. The minimum absolute atomic E-state index is 0.406. The molecule has 2 aliphatic rings. The van der Waals surface area contributed by atoms with E-state index in [9.17, 15) is 4.79 Å². The van der Waals surface area contributed by atoms with E-state index in [0.717, 1.165) is 18.7 Å². The van der Waals surface area contributed by atoms with Crippen LogP contribution in [0.3, 0.4) is 0 Å². The average molecular weight is 176 g/mol. The second-order valence-electron chi connectivity index (χ2n) is 2.75. The van der Waals surface area contributed by atoms with Crippen LogP contribution < -0.4 is 0 Å². The zero-order valence-corrected chi connectivity index (χ0v) is 7.19. The van der Waals surface area contributed by atoms with E-state index in [1.807, 2.05) is 6.92 Å². The fraction of sp³-hybridized carbons (Fsp3) is 0.375. The molecule has 0 atom stereocenters. The number of nitrogens with zero attached hydrogens (tertiary/aromatic N) is 4. The number of carbonyl (C=O) groups excluding carboxylic acids is 1. The molecule has 0 aliphatic carbocycles. The summed E-state index contributed by atoms with van der Waals surface area (Å²) < 4.78 is 0. The van der Waals surface area contributed by atoms with Crippen molar-refractivity contribution in [3.8, 4) is 0 Å². The molecule has 5 nitrogen and oxygen atoms in total. The minimum Gasteiger partial charge on any atom is -0.244 e. The first-order chi connectivity index (χ1) is 6.29. The average Bonchev–Trinajstić information content (AvgIpc) is 2.46. The lowest BCUT2D eigenvalue weighted by atomic mass is 10.3. The van der Waals surface area contributed by atoms with Crippen molar-refractivity contribution in [2.24, 2.45) is 20.0 Å². The van der Waals surface area contributed by atoms with Gasteiger partial charge in [0.15, 0.2) is 5.84 Å². The third-order valence-corrected chi connectivity index (χ3v) is 1.69. The monoisotopic (exact) mass is 176 g/mol. The van der Waals surface area contributed by atoms with Crippen molar-refractivity contribution < 1.29 is 4.79 Å². The van der Waals surface area contributed by atoms with Gasteiger partial charge in [-0.05, 0) is 6.42 Å². The van der Waals surface area contributed by atoms with Gasteiger partial charge in [-0.15, -0.1) is 0 Å². The highest BCUT2D eigenvalue weighted by molar-refractivity contribution is 6.67. The Morgan fingerprint density at radius 1 is 1.31 bits per heavy atom. The topological polar surface area (TPSA) is 66.5 Å². The van der Waals surface area contributed by atoms with Crippen LogP contribution in [0.15, 0.2) is 20.0 Å². The minimum atomic E-state index is -0.504. The van der Waals surface area contributed by atoms with Crippen LogP contribution in [-0.4, -0.2) is 29.6 Å². The van der Waals surface area contributed by atoms with Gasteiger partial charge in [0.2, 0.25) is 0 Å². The Labute approximate surface area is 75.0 Å². The van der Waals surface area contributed by atoms with Crippen LogP contribution in [-0.2, 0) is 0 Å². The van der Waals surface area contributed by atoms with Gasteiger partial charge in [0.05, 0.1) is 6.21 Å². The van der Waals surface area contributed by atoms with Crippen LogP contribution in [0, 0.1) is 0 Å². The predicted octanol–water partition coefficient (Wildman–Crippen LogP) is 1.24. The zero-order valence-electron chi connectivity index (χ0n) is 7.19. The molecule has 13 heavy (non-hydrogen) atoms. The summed E-state index contributed by atoms with van der Waals surface area (Å²) in [5.41, 5.74) is 0.600. The molecule has 0 spiro atoms. The number of carbonyl (C=O) groups is 1. The van der Waals surface area contributed by atoms with E-state index in [4.69, 9.17) is 0 Å². The van der Waals surface area contributed by atoms with Crippen LogP contribution in [0.4, 0.5) is 4.79 Å². The highest BCUT2D eigenvalue weighted by Crippen LogP contribution is 2.07. The summed E-state index contributed by atoms with van der Waals surface area (Å²) in [5, 5.41) is 0. The fourth-order valence-corrected chi connectivity index (χ4v) is 1.13. The maximum absolute atomic E-state index is 10.8. The van der Waals surface area contributed by atoms with Gasteiger partial charge in [0, 0.05) is 6.42 Å². The highest BCUT2D eigenvalue weighted by atomic mass is 16.2. The summed E-state index contributed by atoms with van der Waals surface area (Å²) in [6.07, 6.45) is 3.20. The van der Waals surface area contributed by atoms with Crippen LogP contribution in [0.1, 0.15) is 19.8 Å². The molecule has 0 saturated carbocycles. The van der Waals surface area contributed by atoms with Crippen molar-refractivity contribution in [2.45, 2.75) is 19.8 Å². The van der Waals surface area contributed by atoms with Crippen LogP contribution in [0.25, 0.3) is 0 Å². The summed E-state index contributed by atoms with van der Waals surface area (Å²) in [6, 6.07) is -0.504. The molecule has 0 radical (unpaired) electrons. The third kappa shape index (κ3) is 1.44. The van der Waals surface area contributed by atoms with Gasteiger partial charge in [-0.3, -0.25) is 0 Å². The third-order valence-electron chi connectivity index (χ3n) is 1.69. The van der Waals surface area contributed by atoms with Crippen molar-refractivity contribution in [3.63, 3.8) is 0 Å². The van der Waals surface area contributed by atoms with Crippen molar-refractivity contribution >= 4 is 29.6 Å². The maximum atomic E-state index is 10.8. The van der Waals surface area contributed by atoms with Gasteiger partial charge in [0.25, 0.3) is 0 Å². The van der Waals surface area contributed by atoms with Crippen molar-refractivity contribution in [2.75, 3.05) is 0 Å². The molecule has 0 bridgehead atoms. The van der Waals surface area contributed by atoms with Gasteiger partial charge in [-0.2, -0.15) is 9.98 Å². The maximum Gasteiger partial charge on any atom is 0.369 e. The lowest BCUT2D eigenvalue weighted by Gasteiger charge is -1.95. The summed E-state index contributed by atoms with van der Waals surface area (Å²) in [4.78, 5) is 26.2. The smallest absolute Gasteiger partial charge is 0.244 e. The summed E-state index contributed by atoms with van der Waals surface area (Å²) >= 11 is 0. The van der Waals surface area contributed by atoms with E-state index in [1.165, 1.54) is 6.21 Å². The second kappa shape index (κ2) is 3.01. The Balaban J connectivity index is 2.28. The molecule has 5 heteroatoms. The fourth-order valence-electron chi connectivity index (χ4n) is 1.13. The molecule has 0 aromatic carbocycles. The molecule has 0 unspecified atom stereocenters. The van der Waals surface area contributed by atoms with E-state index in [1.54, 1.807) is 0 Å². The first kappa shape index (κ1) is 7.97. The quantitative estimate of drug-likeness (QED) is 0.624. The van der Waals surface area contributed by atoms with Gasteiger partial charge in [0.1, 0.15) is 11.5 Å². The Bertz CT molecular complexity index is 376. The Hall–Kier alpha value is -1.65. The van der Waals surface area contributed by atoms with Crippen LogP contribution in [0.5, 0.6) is 0 Å². The van der Waals surface area contributed by atoms with E-state index < -0.39 is 6.03 Å². The Morgan fingerprint density at radius 2 is 2.15 bits per heavy atom. The molecule has 0 N–H and O–H groups in total. The van der Waals surface area contributed by atoms with E-state index in [0.29, 0.717) is 11.5 Å². The van der Waals surface area contributed by atoms with Crippen molar-refractivity contribution in [1.82, 2.24) is 0 Å². The molecule has 0 aromatic heterocycles. The summed E-state index contributed by atoms with van der Waals surface area (Å²) in [7, 11) is 0. The summed E-state index contributed by atoms with van der Waals surface area (Å²) in [6.45, 7) is 2.05. The number of aliphatic imine (C=N–C) groups is 4. The van der Waals surface area contributed by atoms with Crippen molar-refractivity contribution in [3.05, 3.63) is 0 Å². The number of amides is 2. The predicted molar refractivity (Wildman–Crippen MR) is 51.1 cm³/mol. The first-order valence-corrected chi connectivity index (χ1v) is 4.13. The van der Waals surface area contributed by atoms with Gasteiger partial charge >= 0.3 is 6.03 Å². The molecule has 0 saturated heterocycles. The molecule has 66 valence electrons. The standard InChI is InChI=1S/C8H8N4O/c1-2-3-6-10-5-4-9-8(13)12-7(5)11-6/h4H,2-3H2,1H3. The SMILES string of the molecule is CCCC1=NC2=NC(=O)N=CC2=N1. The Morgan fingerprint density at radius 3 is 2.92 bits per heavy atom. The lowest BCUT2D eigenvalue weighted by molar-refractivity contribution is 0.257. The van der Waals surface area contributed by atoms with Crippen LogP contribution >= 0.6 is 0 Å².